The zero-order valence-electron chi connectivity index (χ0n) is 17.4. The molecule has 0 saturated heterocycles. The number of allylic oxidation sites excluding steroid dienone is 1. The van der Waals surface area contributed by atoms with E-state index in [9.17, 15) is 4.79 Å². The third-order valence-corrected chi connectivity index (χ3v) is 6.52. The molecule has 0 bridgehead atoms. The van der Waals surface area contributed by atoms with Crippen molar-refractivity contribution in [1.82, 2.24) is 9.97 Å². The molecule has 0 fully saturated rings. The van der Waals surface area contributed by atoms with E-state index in [4.69, 9.17) is 4.98 Å². The van der Waals surface area contributed by atoms with Crippen molar-refractivity contribution < 1.29 is 4.79 Å². The third kappa shape index (κ3) is 2.95. The van der Waals surface area contributed by atoms with Crippen molar-refractivity contribution in [2.75, 3.05) is 11.4 Å². The smallest absolute Gasteiger partial charge is 0.155 e. The summed E-state index contributed by atoms with van der Waals surface area (Å²) in [4.78, 5) is 23.6. The van der Waals surface area contributed by atoms with Gasteiger partial charge in [-0.05, 0) is 36.3 Å². The van der Waals surface area contributed by atoms with Crippen LogP contribution in [-0.4, -0.2) is 28.3 Å². The predicted octanol–water partition coefficient (Wildman–Crippen LogP) is 4.98. The largest absolute Gasteiger partial charge is 0.348 e. The maximum Gasteiger partial charge on any atom is 0.155 e. The summed E-state index contributed by atoms with van der Waals surface area (Å²) in [5.74, 6) is 1.45. The molecule has 30 heavy (non-hydrogen) atoms. The number of aromatic nitrogens is 2. The molecule has 4 nitrogen and oxygen atoms in total. The second kappa shape index (κ2) is 7.21. The molecule has 0 aliphatic carbocycles. The molecule has 3 heterocycles. The minimum absolute atomic E-state index is 0.0897. The van der Waals surface area contributed by atoms with Crippen molar-refractivity contribution in [3.05, 3.63) is 89.9 Å². The number of benzene rings is 2. The van der Waals surface area contributed by atoms with E-state index >= 15 is 0 Å². The fourth-order valence-electron chi connectivity index (χ4n) is 5.23. The van der Waals surface area contributed by atoms with Gasteiger partial charge in [-0.2, -0.15) is 0 Å². The van der Waals surface area contributed by atoms with Gasteiger partial charge in [-0.25, -0.2) is 9.97 Å². The number of anilines is 1. The Hall–Kier alpha value is -3.27. The number of hydrogen-bond acceptors (Lipinski definition) is 4. The zero-order chi connectivity index (χ0) is 20.8. The highest BCUT2D eigenvalue weighted by atomic mass is 16.1. The first-order chi connectivity index (χ1) is 14.6. The Balaban J connectivity index is 1.64. The molecule has 2 aromatic carbocycles. The molecule has 3 unspecified atom stereocenters. The van der Waals surface area contributed by atoms with E-state index < -0.39 is 0 Å². The zero-order valence-corrected chi connectivity index (χ0v) is 17.4. The first kappa shape index (κ1) is 18.7. The molecule has 150 valence electrons. The quantitative estimate of drug-likeness (QED) is 0.462. The van der Waals surface area contributed by atoms with Crippen molar-refractivity contribution >= 4 is 22.4 Å². The van der Waals surface area contributed by atoms with E-state index in [0.717, 1.165) is 18.1 Å². The lowest BCUT2D eigenvalue weighted by Crippen LogP contribution is -2.42. The first-order valence-corrected chi connectivity index (χ1v) is 10.5. The lowest BCUT2D eigenvalue weighted by molar-refractivity contribution is -0.115. The van der Waals surface area contributed by atoms with Crippen LogP contribution in [0.15, 0.2) is 73.1 Å². The van der Waals surface area contributed by atoms with Crippen LogP contribution < -0.4 is 4.90 Å². The number of hydrogen-bond donors (Lipinski definition) is 0. The summed E-state index contributed by atoms with van der Waals surface area (Å²) in [5, 5.41) is 2.49. The maximum atomic E-state index is 12.0. The van der Waals surface area contributed by atoms with Gasteiger partial charge in [0.05, 0.1) is 6.04 Å². The van der Waals surface area contributed by atoms with E-state index in [2.05, 4.69) is 78.9 Å². The van der Waals surface area contributed by atoms with E-state index in [1.165, 1.54) is 33.5 Å². The molecule has 0 radical (unpaired) electrons. The Labute approximate surface area is 177 Å². The van der Waals surface area contributed by atoms with Crippen LogP contribution in [0.1, 0.15) is 36.1 Å². The summed E-state index contributed by atoms with van der Waals surface area (Å²) in [5.41, 5.74) is 4.81. The van der Waals surface area contributed by atoms with Crippen LogP contribution >= 0.6 is 0 Å². The lowest BCUT2D eigenvalue weighted by Gasteiger charge is -2.37. The van der Waals surface area contributed by atoms with Gasteiger partial charge in [0, 0.05) is 36.1 Å². The summed E-state index contributed by atoms with van der Waals surface area (Å²) in [7, 11) is 0. The van der Waals surface area contributed by atoms with E-state index in [-0.39, 0.29) is 23.7 Å². The molecule has 3 aromatic rings. The Bertz CT molecular complexity index is 1200. The highest BCUT2D eigenvalue weighted by Gasteiger charge is 2.45. The van der Waals surface area contributed by atoms with Crippen molar-refractivity contribution in [1.29, 1.82) is 0 Å². The highest BCUT2D eigenvalue weighted by Crippen LogP contribution is 2.49. The molecule has 4 heteroatoms. The molecule has 0 spiro atoms. The summed E-state index contributed by atoms with van der Waals surface area (Å²) in [6.45, 7) is 8.68. The van der Waals surface area contributed by atoms with Gasteiger partial charge in [0.2, 0.25) is 0 Å². The fraction of sp³-hybridized carbons (Fsp3) is 0.269. The van der Waals surface area contributed by atoms with Gasteiger partial charge in [0.1, 0.15) is 12.1 Å². The Morgan fingerprint density at radius 2 is 1.97 bits per heavy atom. The molecule has 5 rings (SSSR count). The first-order valence-electron chi connectivity index (χ1n) is 10.5. The molecule has 0 saturated carbocycles. The second-order valence-corrected chi connectivity index (χ2v) is 8.42. The third-order valence-electron chi connectivity index (χ3n) is 6.52. The lowest BCUT2D eigenvalue weighted by atomic mass is 9.81. The van der Waals surface area contributed by atoms with Crippen LogP contribution in [0.4, 0.5) is 5.82 Å². The number of aryl methyl sites for hydroxylation is 1. The van der Waals surface area contributed by atoms with Crippen molar-refractivity contribution in [2.24, 2.45) is 5.92 Å². The number of ketones is 1. The number of carbonyl (C=O) groups is 1. The minimum atomic E-state index is 0.0897. The monoisotopic (exact) mass is 395 g/mol. The Morgan fingerprint density at radius 1 is 1.17 bits per heavy atom. The topological polar surface area (TPSA) is 46.1 Å². The van der Waals surface area contributed by atoms with Crippen molar-refractivity contribution in [2.45, 2.75) is 32.2 Å². The molecular formula is C26H25N3O. The highest BCUT2D eigenvalue weighted by molar-refractivity contribution is 5.89. The van der Waals surface area contributed by atoms with Crippen molar-refractivity contribution in [3.8, 4) is 0 Å². The molecular weight excluding hydrogens is 370 g/mol. The normalized spacial score (nSPS) is 22.4. The van der Waals surface area contributed by atoms with Gasteiger partial charge in [-0.15, -0.1) is 0 Å². The summed E-state index contributed by atoms with van der Waals surface area (Å²) in [6, 6.07) is 15.4. The molecule has 3 atom stereocenters. The average molecular weight is 396 g/mol. The Morgan fingerprint density at radius 3 is 2.77 bits per heavy atom. The molecule has 2 aliphatic rings. The number of fused-ring (bicyclic) bond motifs is 4. The SMILES string of the molecule is C=CC(=O)CC1C=C(C)C2C(c3ccc4ccccc4c3)c3c(C)ncnc3N2C1. The van der Waals surface area contributed by atoms with Gasteiger partial charge in [-0.1, -0.05) is 60.7 Å². The summed E-state index contributed by atoms with van der Waals surface area (Å²) < 4.78 is 0. The van der Waals surface area contributed by atoms with Gasteiger partial charge in [-0.3, -0.25) is 4.79 Å². The van der Waals surface area contributed by atoms with E-state index in [1.54, 1.807) is 6.33 Å². The number of rotatable bonds is 4. The van der Waals surface area contributed by atoms with Crippen LogP contribution in [0.2, 0.25) is 0 Å². The van der Waals surface area contributed by atoms with E-state index in [0.29, 0.717) is 6.42 Å². The van der Waals surface area contributed by atoms with Gasteiger partial charge >= 0.3 is 0 Å². The number of nitrogens with zero attached hydrogens (tertiary/aromatic N) is 3. The van der Waals surface area contributed by atoms with Gasteiger partial charge in [0.25, 0.3) is 0 Å². The second-order valence-electron chi connectivity index (χ2n) is 8.42. The number of carbonyl (C=O) groups excluding carboxylic acids is 1. The minimum Gasteiger partial charge on any atom is -0.348 e. The average Bonchev–Trinajstić information content (AvgIpc) is 3.09. The van der Waals surface area contributed by atoms with Crippen LogP contribution in [0, 0.1) is 12.8 Å². The van der Waals surface area contributed by atoms with Gasteiger partial charge in [0.15, 0.2) is 5.78 Å². The van der Waals surface area contributed by atoms with Crippen LogP contribution in [0.25, 0.3) is 10.8 Å². The standard InChI is InChI=1S/C26H25N3O/c1-4-22(30)12-18-11-16(2)25-24(21-10-9-19-7-5-6-8-20(19)13-21)23-17(3)27-15-28-26(23)29(25)14-18/h4-11,13,15,18,24-25H,1,12,14H2,2-3H3. The van der Waals surface area contributed by atoms with Crippen LogP contribution in [0.5, 0.6) is 0 Å². The van der Waals surface area contributed by atoms with E-state index in [1.807, 2.05) is 0 Å². The predicted molar refractivity (Wildman–Crippen MR) is 121 cm³/mol. The molecule has 0 amide bonds. The maximum absolute atomic E-state index is 12.0. The fourth-order valence-corrected chi connectivity index (χ4v) is 5.23. The van der Waals surface area contributed by atoms with Gasteiger partial charge < -0.3 is 4.90 Å². The summed E-state index contributed by atoms with van der Waals surface area (Å²) >= 11 is 0. The van der Waals surface area contributed by atoms with Crippen LogP contribution in [-0.2, 0) is 4.79 Å². The molecule has 2 aliphatic heterocycles. The molecule has 0 N–H and O–H groups in total. The summed E-state index contributed by atoms with van der Waals surface area (Å²) in [6.07, 6.45) is 5.86. The van der Waals surface area contributed by atoms with Crippen LogP contribution in [0.3, 0.4) is 0 Å². The van der Waals surface area contributed by atoms with Crippen molar-refractivity contribution in [3.63, 3.8) is 0 Å². The molecule has 1 aromatic heterocycles. The Kier molecular flexibility index (Phi) is 4.50.